The van der Waals surface area contributed by atoms with Crippen molar-refractivity contribution < 1.29 is 13.2 Å². The van der Waals surface area contributed by atoms with Gasteiger partial charge in [-0.2, -0.15) is 18.3 Å². The number of halogens is 3. The van der Waals surface area contributed by atoms with Gasteiger partial charge >= 0.3 is 6.18 Å². The number of aromatic nitrogens is 2. The Morgan fingerprint density at radius 2 is 2.00 bits per heavy atom. The van der Waals surface area contributed by atoms with E-state index in [1.807, 2.05) is 24.3 Å². The normalized spacial score (nSPS) is 14.2. The van der Waals surface area contributed by atoms with Gasteiger partial charge in [0, 0.05) is 18.4 Å². The van der Waals surface area contributed by atoms with Crippen LogP contribution in [-0.4, -0.2) is 9.78 Å². The molecule has 1 aromatic carbocycles. The van der Waals surface area contributed by atoms with Crippen molar-refractivity contribution >= 4 is 11.8 Å². The van der Waals surface area contributed by atoms with Crippen molar-refractivity contribution in [3.05, 3.63) is 35.5 Å². The zero-order valence-corrected chi connectivity index (χ0v) is 10.3. The molecule has 0 N–H and O–H groups in total. The third-order valence-corrected chi connectivity index (χ3v) is 4.05. The molecular weight excluding hydrogens is 261 g/mol. The Bertz CT molecular complexity index is 616. The van der Waals surface area contributed by atoms with E-state index in [2.05, 4.69) is 5.10 Å². The number of rotatable bonds is 0. The summed E-state index contributed by atoms with van der Waals surface area (Å²) in [4.78, 5) is 0.240. The van der Waals surface area contributed by atoms with Crippen LogP contribution in [0.3, 0.4) is 0 Å². The summed E-state index contributed by atoms with van der Waals surface area (Å²) in [5, 5.41) is 3.63. The summed E-state index contributed by atoms with van der Waals surface area (Å²) in [5.41, 5.74) is 1.68. The smallest absolute Gasteiger partial charge is 0.266 e. The molecule has 0 saturated carbocycles. The van der Waals surface area contributed by atoms with Gasteiger partial charge < -0.3 is 0 Å². The first-order chi connectivity index (χ1) is 8.48. The Labute approximate surface area is 106 Å². The highest BCUT2D eigenvalue weighted by Gasteiger charge is 2.40. The van der Waals surface area contributed by atoms with Crippen LogP contribution in [0, 0.1) is 0 Å². The minimum Gasteiger partial charge on any atom is -0.266 e. The maximum Gasteiger partial charge on any atom is 0.436 e. The Kier molecular flexibility index (Phi) is 2.45. The Morgan fingerprint density at radius 3 is 2.72 bits per heavy atom. The third kappa shape index (κ3) is 1.63. The number of hydrogen-bond acceptors (Lipinski definition) is 2. The SMILES string of the molecule is Cn1nc(C(F)(F)F)c2c1-c1ccccc1CS2. The molecule has 2 heterocycles. The van der Waals surface area contributed by atoms with Crippen molar-refractivity contribution in [3.8, 4) is 11.3 Å². The average molecular weight is 270 g/mol. The van der Waals surface area contributed by atoms with Gasteiger partial charge in [0.05, 0.1) is 10.6 Å². The van der Waals surface area contributed by atoms with Crippen LogP contribution in [0.4, 0.5) is 13.2 Å². The standard InChI is InChI=1S/C12H9F3N2S/c1-17-9-8-5-3-2-4-7(8)6-18-10(9)11(16-17)12(13,14)15/h2-5H,6H2,1H3. The number of alkyl halides is 3. The summed E-state index contributed by atoms with van der Waals surface area (Å²) >= 11 is 1.20. The number of hydrogen-bond donors (Lipinski definition) is 0. The molecule has 2 aromatic rings. The van der Waals surface area contributed by atoms with E-state index in [1.165, 1.54) is 16.4 Å². The van der Waals surface area contributed by atoms with Gasteiger partial charge in [0.15, 0.2) is 5.69 Å². The molecule has 1 aliphatic rings. The zero-order valence-electron chi connectivity index (χ0n) is 9.45. The highest BCUT2D eigenvalue weighted by molar-refractivity contribution is 7.98. The lowest BCUT2D eigenvalue weighted by Crippen LogP contribution is -2.08. The lowest BCUT2D eigenvalue weighted by atomic mass is 10.0. The molecule has 94 valence electrons. The summed E-state index contributed by atoms with van der Waals surface area (Å²) in [7, 11) is 1.55. The minimum atomic E-state index is -4.40. The highest BCUT2D eigenvalue weighted by Crippen LogP contribution is 2.46. The molecule has 0 spiro atoms. The lowest BCUT2D eigenvalue weighted by molar-refractivity contribution is -0.143. The van der Waals surface area contributed by atoms with E-state index in [4.69, 9.17) is 0 Å². The van der Waals surface area contributed by atoms with Gasteiger partial charge in [-0.05, 0) is 5.56 Å². The summed E-state index contributed by atoms with van der Waals surface area (Å²) < 4.78 is 40.0. The monoisotopic (exact) mass is 270 g/mol. The molecule has 1 aromatic heterocycles. The van der Waals surface area contributed by atoms with Gasteiger partial charge in [-0.25, -0.2) is 0 Å². The van der Waals surface area contributed by atoms with Gasteiger partial charge in [-0.3, -0.25) is 4.68 Å². The number of benzene rings is 1. The van der Waals surface area contributed by atoms with Crippen LogP contribution in [0.15, 0.2) is 29.2 Å². The first-order valence-corrected chi connectivity index (χ1v) is 6.32. The predicted octanol–water partition coefficient (Wildman–Crippen LogP) is 3.71. The molecule has 6 heteroatoms. The number of thioether (sulfide) groups is 1. The molecule has 0 aliphatic carbocycles. The largest absolute Gasteiger partial charge is 0.436 e. The number of fused-ring (bicyclic) bond motifs is 3. The fourth-order valence-electron chi connectivity index (χ4n) is 2.15. The average Bonchev–Trinajstić information content (AvgIpc) is 2.67. The van der Waals surface area contributed by atoms with Crippen molar-refractivity contribution in [2.24, 2.45) is 7.05 Å². The molecule has 0 amide bonds. The van der Waals surface area contributed by atoms with E-state index in [9.17, 15) is 13.2 Å². The summed E-state index contributed by atoms with van der Waals surface area (Å²) in [6, 6.07) is 7.51. The minimum absolute atomic E-state index is 0.240. The molecule has 18 heavy (non-hydrogen) atoms. The van der Waals surface area contributed by atoms with Crippen LogP contribution in [0.25, 0.3) is 11.3 Å². The lowest BCUT2D eigenvalue weighted by Gasteiger charge is -2.17. The van der Waals surface area contributed by atoms with Gasteiger partial charge in [0.1, 0.15) is 0 Å². The van der Waals surface area contributed by atoms with Gasteiger partial charge in [0.2, 0.25) is 0 Å². The van der Waals surface area contributed by atoms with Crippen molar-refractivity contribution in [1.82, 2.24) is 9.78 Å². The van der Waals surface area contributed by atoms with E-state index in [1.54, 1.807) is 7.05 Å². The zero-order chi connectivity index (χ0) is 12.9. The van der Waals surface area contributed by atoms with Crippen LogP contribution >= 0.6 is 11.8 Å². The third-order valence-electron chi connectivity index (χ3n) is 2.92. The molecule has 1 aliphatic heterocycles. The molecule has 0 unspecified atom stereocenters. The second-order valence-corrected chi connectivity index (χ2v) is 5.08. The van der Waals surface area contributed by atoms with Crippen molar-refractivity contribution in [3.63, 3.8) is 0 Å². The van der Waals surface area contributed by atoms with Crippen molar-refractivity contribution in [2.45, 2.75) is 16.8 Å². The fourth-order valence-corrected chi connectivity index (χ4v) is 3.37. The second kappa shape index (κ2) is 3.78. The van der Waals surface area contributed by atoms with Crippen LogP contribution in [0.5, 0.6) is 0 Å². The molecular formula is C12H9F3N2S. The maximum absolute atomic E-state index is 12.9. The molecule has 0 atom stereocenters. The first kappa shape index (κ1) is 11.6. The summed E-state index contributed by atoms with van der Waals surface area (Å²) in [5.74, 6) is 0.554. The van der Waals surface area contributed by atoms with Gasteiger partial charge in [0.25, 0.3) is 0 Å². The Morgan fingerprint density at radius 1 is 1.28 bits per heavy atom. The van der Waals surface area contributed by atoms with E-state index < -0.39 is 11.9 Å². The maximum atomic E-state index is 12.9. The van der Waals surface area contributed by atoms with Crippen LogP contribution in [0.1, 0.15) is 11.3 Å². The highest BCUT2D eigenvalue weighted by atomic mass is 32.2. The topological polar surface area (TPSA) is 17.8 Å². The summed E-state index contributed by atoms with van der Waals surface area (Å²) in [6.45, 7) is 0. The molecule has 2 nitrogen and oxygen atoms in total. The van der Waals surface area contributed by atoms with Gasteiger partial charge in [-0.15, -0.1) is 11.8 Å². The molecule has 0 saturated heterocycles. The van der Waals surface area contributed by atoms with E-state index >= 15 is 0 Å². The van der Waals surface area contributed by atoms with Crippen LogP contribution in [0.2, 0.25) is 0 Å². The molecule has 0 radical (unpaired) electrons. The number of aryl methyl sites for hydroxylation is 1. The van der Waals surface area contributed by atoms with E-state index in [-0.39, 0.29) is 4.90 Å². The quantitative estimate of drug-likeness (QED) is 0.726. The second-order valence-electron chi connectivity index (χ2n) is 4.09. The predicted molar refractivity (Wildman–Crippen MR) is 63.2 cm³/mol. The van der Waals surface area contributed by atoms with Gasteiger partial charge in [-0.1, -0.05) is 24.3 Å². The van der Waals surface area contributed by atoms with Crippen LogP contribution < -0.4 is 0 Å². The van der Waals surface area contributed by atoms with E-state index in [0.29, 0.717) is 11.4 Å². The Balaban J connectivity index is 2.27. The van der Waals surface area contributed by atoms with Crippen LogP contribution in [-0.2, 0) is 19.0 Å². The van der Waals surface area contributed by atoms with Crippen molar-refractivity contribution in [1.29, 1.82) is 0 Å². The molecule has 0 fully saturated rings. The summed E-state index contributed by atoms with van der Waals surface area (Å²) in [6.07, 6.45) is -4.40. The van der Waals surface area contributed by atoms with Crippen molar-refractivity contribution in [2.75, 3.05) is 0 Å². The fraction of sp³-hybridized carbons (Fsp3) is 0.250. The number of nitrogens with zero attached hydrogens (tertiary/aromatic N) is 2. The Hall–Kier alpha value is -1.43. The first-order valence-electron chi connectivity index (χ1n) is 5.34. The molecule has 0 bridgehead atoms. The van der Waals surface area contributed by atoms with E-state index in [0.717, 1.165) is 11.1 Å². The molecule has 3 rings (SSSR count).